The third-order valence-corrected chi connectivity index (χ3v) is 4.34. The number of carbonyl (C=O) groups excluding carboxylic acids is 2. The smallest absolute Gasteiger partial charge is 0.257 e. The average Bonchev–Trinajstić information content (AvgIpc) is 2.81. The molecule has 0 radical (unpaired) electrons. The molecule has 3 nitrogen and oxygen atoms in total. The Kier molecular flexibility index (Phi) is 5.97. The molecule has 0 unspecified atom stereocenters. The summed E-state index contributed by atoms with van der Waals surface area (Å²) in [7, 11) is 0. The van der Waals surface area contributed by atoms with E-state index in [4.69, 9.17) is 0 Å². The zero-order valence-corrected chi connectivity index (χ0v) is 13.8. The molecule has 0 bridgehead atoms. The molecule has 114 valence electrons. The number of hydrogen-bond acceptors (Lipinski definition) is 2. The molecule has 20 heavy (non-hydrogen) atoms. The number of nitrogens with zero attached hydrogens (tertiary/aromatic N) is 1. The highest BCUT2D eigenvalue weighted by molar-refractivity contribution is 6.19. The lowest BCUT2D eigenvalue weighted by molar-refractivity contribution is -0.133. The van der Waals surface area contributed by atoms with E-state index in [-0.39, 0.29) is 23.7 Å². The van der Waals surface area contributed by atoms with Crippen LogP contribution in [0.3, 0.4) is 0 Å². The molecule has 1 fully saturated rings. The van der Waals surface area contributed by atoms with Gasteiger partial charge in [-0.25, -0.2) is 0 Å². The van der Waals surface area contributed by atoms with Gasteiger partial charge in [0.25, 0.3) is 5.91 Å². The van der Waals surface area contributed by atoms with E-state index in [1.54, 1.807) is 0 Å². The molecule has 1 amide bonds. The molecule has 1 aliphatic rings. The summed E-state index contributed by atoms with van der Waals surface area (Å²) in [6.45, 7) is 11.6. The van der Waals surface area contributed by atoms with Crippen molar-refractivity contribution in [3.63, 3.8) is 0 Å². The Morgan fingerprint density at radius 2 is 1.50 bits per heavy atom. The number of hydrogen-bond donors (Lipinski definition) is 0. The Morgan fingerprint density at radius 3 is 1.85 bits per heavy atom. The predicted molar refractivity (Wildman–Crippen MR) is 82.5 cm³/mol. The lowest BCUT2D eigenvalue weighted by Crippen LogP contribution is -2.45. The Morgan fingerprint density at radius 1 is 1.00 bits per heavy atom. The minimum Gasteiger partial charge on any atom is -0.333 e. The fourth-order valence-corrected chi connectivity index (χ4v) is 3.02. The summed E-state index contributed by atoms with van der Waals surface area (Å²) in [6.07, 6.45) is 4.50. The second kappa shape index (κ2) is 7.05. The number of Topliss-reactive ketones (excluding diaryl/α,β-unsaturated/α-hetero) is 1. The van der Waals surface area contributed by atoms with Crippen LogP contribution in [-0.2, 0) is 9.59 Å². The van der Waals surface area contributed by atoms with Crippen molar-refractivity contribution in [2.45, 2.75) is 79.3 Å². The average molecular weight is 279 g/mol. The van der Waals surface area contributed by atoms with Gasteiger partial charge < -0.3 is 4.90 Å². The molecule has 3 heteroatoms. The number of carbonyl (C=O) groups is 2. The van der Waals surface area contributed by atoms with Crippen molar-refractivity contribution in [2.75, 3.05) is 0 Å². The Hall–Kier alpha value is -1.12. The molecular formula is C17H29NO2. The van der Waals surface area contributed by atoms with Gasteiger partial charge in [0, 0.05) is 12.1 Å². The maximum atomic E-state index is 12.9. The predicted octanol–water partition coefficient (Wildman–Crippen LogP) is 3.73. The second-order valence-electron chi connectivity index (χ2n) is 6.51. The Balaban J connectivity index is 3.14. The standard InChI is InChI=1S/C17H29NO2/c1-11(2)13(5)16(14(6)19)17(20)18(12(3)4)15-9-7-8-10-15/h11-12,15H,7-10H2,1-6H3/b16-13-. The first-order valence-corrected chi connectivity index (χ1v) is 7.81. The van der Waals surface area contributed by atoms with Crippen LogP contribution in [0.2, 0.25) is 0 Å². The van der Waals surface area contributed by atoms with Gasteiger partial charge in [-0.05, 0) is 46.5 Å². The van der Waals surface area contributed by atoms with Crippen molar-refractivity contribution in [2.24, 2.45) is 5.92 Å². The van der Waals surface area contributed by atoms with Crippen LogP contribution < -0.4 is 0 Å². The number of allylic oxidation sites excluding steroid dienone is 1. The molecule has 0 aromatic heterocycles. The van der Waals surface area contributed by atoms with Crippen LogP contribution in [0.25, 0.3) is 0 Å². The van der Waals surface area contributed by atoms with Crippen LogP contribution in [0, 0.1) is 5.92 Å². The van der Waals surface area contributed by atoms with Gasteiger partial charge in [0.2, 0.25) is 0 Å². The Bertz CT molecular complexity index is 401. The molecular weight excluding hydrogens is 250 g/mol. The maximum absolute atomic E-state index is 12.9. The van der Waals surface area contributed by atoms with E-state index < -0.39 is 0 Å². The lowest BCUT2D eigenvalue weighted by atomic mass is 9.94. The van der Waals surface area contributed by atoms with E-state index in [1.807, 2.05) is 39.5 Å². The maximum Gasteiger partial charge on any atom is 0.257 e. The molecule has 0 saturated heterocycles. The molecule has 0 aromatic carbocycles. The van der Waals surface area contributed by atoms with Crippen LogP contribution in [0.5, 0.6) is 0 Å². The van der Waals surface area contributed by atoms with E-state index in [1.165, 1.54) is 19.8 Å². The first kappa shape index (κ1) is 16.9. The van der Waals surface area contributed by atoms with Crippen molar-refractivity contribution in [3.05, 3.63) is 11.1 Å². The molecule has 0 N–H and O–H groups in total. The molecule has 1 rings (SSSR count). The third kappa shape index (κ3) is 3.71. The van der Waals surface area contributed by atoms with E-state index in [0.29, 0.717) is 11.6 Å². The molecule has 1 aliphatic carbocycles. The first-order chi connectivity index (χ1) is 9.27. The first-order valence-electron chi connectivity index (χ1n) is 7.81. The van der Waals surface area contributed by atoms with Crippen molar-refractivity contribution in [1.29, 1.82) is 0 Å². The Labute approximate surface area is 123 Å². The van der Waals surface area contributed by atoms with Gasteiger partial charge in [0.15, 0.2) is 5.78 Å². The van der Waals surface area contributed by atoms with Gasteiger partial charge in [-0.1, -0.05) is 32.3 Å². The van der Waals surface area contributed by atoms with Crippen LogP contribution >= 0.6 is 0 Å². The molecule has 1 saturated carbocycles. The van der Waals surface area contributed by atoms with Gasteiger partial charge in [0.1, 0.15) is 0 Å². The van der Waals surface area contributed by atoms with Gasteiger partial charge in [-0.2, -0.15) is 0 Å². The van der Waals surface area contributed by atoms with Crippen molar-refractivity contribution < 1.29 is 9.59 Å². The van der Waals surface area contributed by atoms with Gasteiger partial charge in [-0.15, -0.1) is 0 Å². The van der Waals surface area contributed by atoms with E-state index >= 15 is 0 Å². The molecule has 0 atom stereocenters. The van der Waals surface area contributed by atoms with Crippen LogP contribution in [0.4, 0.5) is 0 Å². The van der Waals surface area contributed by atoms with Crippen molar-refractivity contribution in [1.82, 2.24) is 4.90 Å². The number of amides is 1. The lowest BCUT2D eigenvalue weighted by Gasteiger charge is -2.34. The minimum absolute atomic E-state index is 0.0643. The van der Waals surface area contributed by atoms with E-state index in [2.05, 4.69) is 0 Å². The molecule has 0 spiro atoms. The highest BCUT2D eigenvalue weighted by Gasteiger charge is 2.32. The summed E-state index contributed by atoms with van der Waals surface area (Å²) in [6, 6.07) is 0.441. The largest absolute Gasteiger partial charge is 0.333 e. The minimum atomic E-state index is -0.107. The fourth-order valence-electron chi connectivity index (χ4n) is 3.02. The molecule has 0 aromatic rings. The van der Waals surface area contributed by atoms with E-state index in [0.717, 1.165) is 18.4 Å². The summed E-state index contributed by atoms with van der Waals surface area (Å²) in [5, 5.41) is 0. The van der Waals surface area contributed by atoms with Crippen molar-refractivity contribution >= 4 is 11.7 Å². The summed E-state index contributed by atoms with van der Waals surface area (Å²) >= 11 is 0. The van der Waals surface area contributed by atoms with Gasteiger partial charge in [-0.3, -0.25) is 9.59 Å². The highest BCUT2D eigenvalue weighted by Crippen LogP contribution is 2.28. The fraction of sp³-hybridized carbons (Fsp3) is 0.765. The summed E-state index contributed by atoms with van der Waals surface area (Å²) in [5.74, 6) is 0.0471. The van der Waals surface area contributed by atoms with Crippen molar-refractivity contribution in [3.8, 4) is 0 Å². The van der Waals surface area contributed by atoms with Crippen LogP contribution in [0.1, 0.15) is 67.2 Å². The normalized spacial score (nSPS) is 17.6. The van der Waals surface area contributed by atoms with Crippen LogP contribution in [-0.4, -0.2) is 28.7 Å². The number of ketones is 1. The zero-order valence-electron chi connectivity index (χ0n) is 13.8. The van der Waals surface area contributed by atoms with E-state index in [9.17, 15) is 9.59 Å². The highest BCUT2D eigenvalue weighted by atomic mass is 16.2. The summed E-state index contributed by atoms with van der Waals surface area (Å²) in [4.78, 5) is 26.8. The molecule has 0 heterocycles. The molecule has 0 aliphatic heterocycles. The SMILES string of the molecule is CC(=O)/C(C(=O)N(C(C)C)C1CCCC1)=C(\C)C(C)C. The van der Waals surface area contributed by atoms with Gasteiger partial charge in [0.05, 0.1) is 5.57 Å². The van der Waals surface area contributed by atoms with Gasteiger partial charge >= 0.3 is 0 Å². The summed E-state index contributed by atoms with van der Waals surface area (Å²) < 4.78 is 0. The quantitative estimate of drug-likeness (QED) is 0.437. The van der Waals surface area contributed by atoms with Crippen LogP contribution in [0.15, 0.2) is 11.1 Å². The monoisotopic (exact) mass is 279 g/mol. The second-order valence-corrected chi connectivity index (χ2v) is 6.51. The zero-order chi connectivity index (χ0) is 15.4. The number of rotatable bonds is 5. The topological polar surface area (TPSA) is 37.4 Å². The summed E-state index contributed by atoms with van der Waals surface area (Å²) in [5.41, 5.74) is 1.31. The third-order valence-electron chi connectivity index (χ3n) is 4.34.